The third kappa shape index (κ3) is 1.29. The third-order valence-electron chi connectivity index (χ3n) is 2.16. The topological polar surface area (TPSA) is 89.3 Å². The number of anilines is 1. The van der Waals surface area contributed by atoms with Crippen molar-refractivity contribution >= 4 is 22.0 Å². The fourth-order valence-corrected chi connectivity index (χ4v) is 2.18. The van der Waals surface area contributed by atoms with Gasteiger partial charge in [-0.25, -0.2) is 0 Å². The van der Waals surface area contributed by atoms with E-state index in [0.717, 1.165) is 15.5 Å². The molecule has 0 unspecified atom stereocenters. The summed E-state index contributed by atoms with van der Waals surface area (Å²) >= 11 is 1.41. The zero-order valence-corrected chi connectivity index (χ0v) is 8.85. The number of nitrogens with zero attached hydrogens (tertiary/aromatic N) is 4. The normalized spacial score (nSPS) is 11.0. The molecule has 0 fully saturated rings. The Morgan fingerprint density at radius 2 is 2.25 bits per heavy atom. The molecule has 0 aliphatic carbocycles. The highest BCUT2D eigenvalue weighted by molar-refractivity contribution is 7.19. The average Bonchev–Trinajstić information content (AvgIpc) is 2.81. The maximum Gasteiger partial charge on any atom is 0.234 e. The molecule has 0 saturated carbocycles. The van der Waals surface area contributed by atoms with Crippen molar-refractivity contribution in [1.29, 1.82) is 0 Å². The average molecular weight is 233 g/mol. The van der Waals surface area contributed by atoms with Crippen molar-refractivity contribution in [2.75, 3.05) is 5.73 Å². The summed E-state index contributed by atoms with van der Waals surface area (Å²) in [5.74, 6) is 0.0757. The molecule has 80 valence electrons. The van der Waals surface area contributed by atoms with Crippen LogP contribution in [-0.2, 0) is 0 Å². The number of hydrogen-bond donors (Lipinski definition) is 2. The van der Waals surface area contributed by atoms with Gasteiger partial charge in [-0.1, -0.05) is 11.3 Å². The van der Waals surface area contributed by atoms with E-state index in [1.165, 1.54) is 11.3 Å². The van der Waals surface area contributed by atoms with E-state index < -0.39 is 0 Å². The first-order valence-corrected chi connectivity index (χ1v) is 5.31. The molecule has 0 spiro atoms. The predicted molar refractivity (Wildman–Crippen MR) is 60.2 cm³/mol. The minimum absolute atomic E-state index is 0.0757. The van der Waals surface area contributed by atoms with Gasteiger partial charge in [0, 0.05) is 5.56 Å². The molecule has 0 atom stereocenters. The van der Waals surface area contributed by atoms with Crippen molar-refractivity contribution in [2.45, 2.75) is 0 Å². The molecule has 1 aromatic carbocycles. The number of phenolic OH excluding ortho intramolecular Hbond substituents is 1. The Bertz CT molecular complexity index is 630. The molecule has 0 amide bonds. The number of nitrogen functional groups attached to an aromatic ring is 1. The molecule has 6 nitrogen and oxygen atoms in total. The van der Waals surface area contributed by atoms with Gasteiger partial charge in [0.15, 0.2) is 0 Å². The van der Waals surface area contributed by atoms with Crippen LogP contribution in [0, 0.1) is 0 Å². The lowest BCUT2D eigenvalue weighted by Gasteiger charge is -2.00. The van der Waals surface area contributed by atoms with Crippen LogP contribution in [0.15, 0.2) is 24.5 Å². The lowest BCUT2D eigenvalue weighted by molar-refractivity contribution is 0.478. The number of fused-ring (bicyclic) bond motifs is 1. The van der Waals surface area contributed by atoms with Gasteiger partial charge in [0.05, 0.1) is 5.69 Å². The largest absolute Gasteiger partial charge is 0.506 e. The van der Waals surface area contributed by atoms with Crippen molar-refractivity contribution in [1.82, 2.24) is 19.8 Å². The van der Waals surface area contributed by atoms with Crippen LogP contribution in [0.1, 0.15) is 0 Å². The summed E-state index contributed by atoms with van der Waals surface area (Å²) < 4.78 is 1.60. The first-order valence-electron chi connectivity index (χ1n) is 4.50. The highest BCUT2D eigenvalue weighted by Crippen LogP contribution is 2.29. The van der Waals surface area contributed by atoms with Crippen LogP contribution in [0.3, 0.4) is 0 Å². The number of aromatic nitrogens is 4. The number of hydrogen-bond acceptors (Lipinski definition) is 6. The van der Waals surface area contributed by atoms with Crippen molar-refractivity contribution in [3.05, 3.63) is 24.5 Å². The third-order valence-corrected chi connectivity index (χ3v) is 3.12. The molecular weight excluding hydrogens is 226 g/mol. The van der Waals surface area contributed by atoms with E-state index in [4.69, 9.17) is 5.73 Å². The van der Waals surface area contributed by atoms with E-state index in [1.807, 2.05) is 0 Å². The first-order chi connectivity index (χ1) is 7.74. The first kappa shape index (κ1) is 9.10. The molecule has 0 aliphatic heterocycles. The van der Waals surface area contributed by atoms with E-state index in [9.17, 15) is 5.11 Å². The van der Waals surface area contributed by atoms with Crippen LogP contribution in [-0.4, -0.2) is 24.9 Å². The van der Waals surface area contributed by atoms with E-state index in [2.05, 4.69) is 15.3 Å². The summed E-state index contributed by atoms with van der Waals surface area (Å²) in [6.07, 6.45) is 1.54. The van der Waals surface area contributed by atoms with Gasteiger partial charge in [0.1, 0.15) is 17.1 Å². The highest BCUT2D eigenvalue weighted by atomic mass is 32.1. The lowest BCUT2D eigenvalue weighted by Crippen LogP contribution is -1.87. The van der Waals surface area contributed by atoms with Gasteiger partial charge in [-0.3, -0.25) is 0 Å². The van der Waals surface area contributed by atoms with Gasteiger partial charge in [0.2, 0.25) is 4.96 Å². The number of aromatic hydroxyl groups is 1. The van der Waals surface area contributed by atoms with Crippen LogP contribution in [0.2, 0.25) is 0 Å². The van der Waals surface area contributed by atoms with Gasteiger partial charge in [-0.2, -0.15) is 9.61 Å². The molecule has 0 saturated heterocycles. The van der Waals surface area contributed by atoms with Gasteiger partial charge in [-0.15, -0.1) is 10.2 Å². The quantitative estimate of drug-likeness (QED) is 0.486. The Morgan fingerprint density at radius 1 is 1.38 bits per heavy atom. The second-order valence-corrected chi connectivity index (χ2v) is 4.19. The fourth-order valence-electron chi connectivity index (χ4n) is 1.36. The lowest BCUT2D eigenvalue weighted by atomic mass is 10.2. The van der Waals surface area contributed by atoms with Crippen molar-refractivity contribution in [3.8, 4) is 16.3 Å². The molecule has 16 heavy (non-hydrogen) atoms. The van der Waals surface area contributed by atoms with Crippen LogP contribution in [0.25, 0.3) is 15.5 Å². The van der Waals surface area contributed by atoms with Crippen molar-refractivity contribution < 1.29 is 5.11 Å². The van der Waals surface area contributed by atoms with Crippen LogP contribution < -0.4 is 5.73 Å². The summed E-state index contributed by atoms with van der Waals surface area (Å²) in [5.41, 5.74) is 6.81. The molecule has 3 N–H and O–H groups in total. The molecular formula is C9H7N5OS. The minimum atomic E-state index is 0.0757. The van der Waals surface area contributed by atoms with E-state index >= 15 is 0 Å². The number of nitrogens with two attached hydrogens (primary N) is 1. The molecule has 2 heterocycles. The maximum absolute atomic E-state index is 9.32. The minimum Gasteiger partial charge on any atom is -0.506 e. The van der Waals surface area contributed by atoms with Gasteiger partial charge >= 0.3 is 0 Å². The standard InChI is InChI=1S/C9H7N5OS/c10-6-3-5(1-2-7(6)15)8-13-14-4-11-12-9(14)16-8/h1-4,15H,10H2. The molecule has 0 radical (unpaired) electrons. The summed E-state index contributed by atoms with van der Waals surface area (Å²) in [6, 6.07) is 4.99. The molecule has 0 aliphatic rings. The highest BCUT2D eigenvalue weighted by Gasteiger charge is 2.08. The van der Waals surface area contributed by atoms with E-state index in [1.54, 1.807) is 29.0 Å². The van der Waals surface area contributed by atoms with Gasteiger partial charge in [-0.05, 0) is 18.2 Å². The van der Waals surface area contributed by atoms with E-state index in [0.29, 0.717) is 5.69 Å². The smallest absolute Gasteiger partial charge is 0.234 e. The Kier molecular flexibility index (Phi) is 1.80. The summed E-state index contributed by atoms with van der Waals surface area (Å²) in [6.45, 7) is 0. The Hall–Kier alpha value is -2.15. The molecule has 7 heteroatoms. The van der Waals surface area contributed by atoms with Gasteiger partial charge in [0.25, 0.3) is 0 Å². The van der Waals surface area contributed by atoms with Crippen molar-refractivity contribution in [3.63, 3.8) is 0 Å². The zero-order valence-electron chi connectivity index (χ0n) is 8.03. The maximum atomic E-state index is 9.32. The molecule has 2 aromatic heterocycles. The Morgan fingerprint density at radius 3 is 3.00 bits per heavy atom. The monoisotopic (exact) mass is 233 g/mol. The van der Waals surface area contributed by atoms with Crippen molar-refractivity contribution in [2.24, 2.45) is 0 Å². The van der Waals surface area contributed by atoms with Gasteiger partial charge < -0.3 is 10.8 Å². The second kappa shape index (κ2) is 3.17. The Labute approximate surface area is 94.0 Å². The number of rotatable bonds is 1. The number of phenols is 1. The summed E-state index contributed by atoms with van der Waals surface area (Å²) in [7, 11) is 0. The SMILES string of the molecule is Nc1cc(-c2nn3cnnc3s2)ccc1O. The van der Waals surface area contributed by atoms with E-state index in [-0.39, 0.29) is 5.75 Å². The zero-order chi connectivity index (χ0) is 11.1. The summed E-state index contributed by atoms with van der Waals surface area (Å²) in [4.78, 5) is 0.724. The predicted octanol–water partition coefficient (Wildman–Crippen LogP) is 1.14. The molecule has 0 bridgehead atoms. The molecule has 3 aromatic rings. The molecule has 3 rings (SSSR count). The van der Waals surface area contributed by atoms with Crippen LogP contribution in [0.5, 0.6) is 5.75 Å². The second-order valence-electron chi connectivity index (χ2n) is 3.24. The van der Waals surface area contributed by atoms with Crippen LogP contribution >= 0.6 is 11.3 Å². The summed E-state index contributed by atoms with van der Waals surface area (Å²) in [5, 5.41) is 22.0. The number of benzene rings is 1. The fraction of sp³-hybridized carbons (Fsp3) is 0. The Balaban J connectivity index is 2.15. The van der Waals surface area contributed by atoms with Crippen LogP contribution in [0.4, 0.5) is 5.69 Å².